The lowest BCUT2D eigenvalue weighted by atomic mass is 10.2. The van der Waals surface area contributed by atoms with Crippen LogP contribution in [0.1, 0.15) is 25.8 Å². The Bertz CT molecular complexity index is 365. The van der Waals surface area contributed by atoms with Gasteiger partial charge in [0.2, 0.25) is 5.91 Å². The third-order valence-electron chi connectivity index (χ3n) is 2.73. The van der Waals surface area contributed by atoms with Crippen molar-refractivity contribution >= 4 is 23.4 Å². The maximum absolute atomic E-state index is 10.9. The molecule has 1 amide bonds. The molecule has 4 heteroatoms. The summed E-state index contributed by atoms with van der Waals surface area (Å²) in [6.45, 7) is 5.67. The lowest BCUT2D eigenvalue weighted by Gasteiger charge is -2.09. The van der Waals surface area contributed by atoms with E-state index in [-0.39, 0.29) is 5.91 Å². The Hall–Kier alpha value is -1.00. The molecule has 1 rings (SSSR count). The minimum absolute atomic E-state index is 0.0353. The molecule has 0 aliphatic carbocycles. The highest BCUT2D eigenvalue weighted by Gasteiger charge is 1.99. The largest absolute Gasteiger partial charge is 0.326 e. The average Bonchev–Trinajstić information content (AvgIpc) is 2.35. The molecule has 0 aliphatic heterocycles. The molecule has 0 heterocycles. The Morgan fingerprint density at radius 3 is 2.56 bits per heavy atom. The van der Waals surface area contributed by atoms with Crippen molar-refractivity contribution in [2.75, 3.05) is 18.1 Å². The lowest BCUT2D eigenvalue weighted by Crippen LogP contribution is -2.17. The van der Waals surface area contributed by atoms with E-state index >= 15 is 0 Å². The minimum atomic E-state index is -0.0353. The van der Waals surface area contributed by atoms with Gasteiger partial charge in [-0.25, -0.2) is 0 Å². The summed E-state index contributed by atoms with van der Waals surface area (Å²) in [5.41, 5.74) is 2.09. The summed E-state index contributed by atoms with van der Waals surface area (Å²) in [7, 11) is 0. The molecule has 0 saturated heterocycles. The highest BCUT2D eigenvalue weighted by atomic mass is 32.2. The first-order chi connectivity index (χ1) is 8.61. The fraction of sp³-hybridized carbons (Fsp3) is 0.500. The molecule has 0 aliphatic rings. The fourth-order valence-electron chi connectivity index (χ4n) is 1.57. The van der Waals surface area contributed by atoms with Gasteiger partial charge in [0.15, 0.2) is 0 Å². The van der Waals surface area contributed by atoms with Crippen LogP contribution in [0.5, 0.6) is 0 Å². The Morgan fingerprint density at radius 1 is 1.33 bits per heavy atom. The number of nitrogens with one attached hydrogen (secondary N) is 2. The number of benzene rings is 1. The summed E-state index contributed by atoms with van der Waals surface area (Å²) >= 11 is 1.90. The topological polar surface area (TPSA) is 41.1 Å². The van der Waals surface area contributed by atoms with Crippen LogP contribution in [0.2, 0.25) is 0 Å². The highest BCUT2D eigenvalue weighted by Crippen LogP contribution is 2.10. The third kappa shape index (κ3) is 6.07. The first-order valence-electron chi connectivity index (χ1n) is 6.22. The molecular weight excluding hydrogens is 244 g/mol. The van der Waals surface area contributed by atoms with Crippen LogP contribution in [0.15, 0.2) is 24.3 Å². The van der Waals surface area contributed by atoms with Crippen LogP contribution in [-0.4, -0.2) is 24.0 Å². The first-order valence-corrected chi connectivity index (χ1v) is 7.50. The Balaban J connectivity index is 2.28. The quantitative estimate of drug-likeness (QED) is 0.746. The summed E-state index contributed by atoms with van der Waals surface area (Å²) in [5.74, 6) is -0.0353. The number of hydrogen-bond donors (Lipinski definition) is 2. The molecule has 0 radical (unpaired) electrons. The molecule has 0 aromatic heterocycles. The summed E-state index contributed by atoms with van der Waals surface area (Å²) in [5, 5.41) is 6.89. The number of rotatable bonds is 7. The number of thioether (sulfide) groups is 1. The molecule has 0 bridgehead atoms. The number of carbonyl (C=O) groups is 1. The van der Waals surface area contributed by atoms with Crippen LogP contribution >= 0.6 is 11.8 Å². The smallest absolute Gasteiger partial charge is 0.221 e. The van der Waals surface area contributed by atoms with Crippen molar-refractivity contribution in [3.8, 4) is 0 Å². The molecule has 0 spiro atoms. The van der Waals surface area contributed by atoms with Crippen molar-refractivity contribution in [3.05, 3.63) is 29.8 Å². The van der Waals surface area contributed by atoms with E-state index in [9.17, 15) is 4.79 Å². The van der Waals surface area contributed by atoms with Crippen molar-refractivity contribution in [1.29, 1.82) is 0 Å². The number of anilines is 1. The molecule has 2 N–H and O–H groups in total. The molecular formula is C14H22N2OS. The lowest BCUT2D eigenvalue weighted by molar-refractivity contribution is -0.114. The Morgan fingerprint density at radius 2 is 2.00 bits per heavy atom. The molecule has 1 atom stereocenters. The zero-order chi connectivity index (χ0) is 13.4. The standard InChI is InChI=1S/C14H22N2OS/c1-11(18-3)8-9-15-10-13-4-6-14(7-5-13)16-12(2)17/h4-7,11,15H,8-10H2,1-3H3,(H,16,17). The second-order valence-corrected chi connectivity index (χ2v) is 5.67. The van der Waals surface area contributed by atoms with Gasteiger partial charge < -0.3 is 10.6 Å². The van der Waals surface area contributed by atoms with E-state index in [1.54, 1.807) is 0 Å². The summed E-state index contributed by atoms with van der Waals surface area (Å²) in [4.78, 5) is 10.9. The van der Waals surface area contributed by atoms with Crippen molar-refractivity contribution in [1.82, 2.24) is 5.32 Å². The van der Waals surface area contributed by atoms with Crippen LogP contribution in [0, 0.1) is 0 Å². The molecule has 0 saturated carbocycles. The van der Waals surface area contributed by atoms with Gasteiger partial charge in [-0.3, -0.25) is 4.79 Å². The normalized spacial score (nSPS) is 12.2. The number of carbonyl (C=O) groups excluding carboxylic acids is 1. The Labute approximate surface area is 114 Å². The monoisotopic (exact) mass is 266 g/mol. The van der Waals surface area contributed by atoms with E-state index in [4.69, 9.17) is 0 Å². The summed E-state index contributed by atoms with van der Waals surface area (Å²) < 4.78 is 0. The molecule has 1 aromatic carbocycles. The van der Waals surface area contributed by atoms with E-state index < -0.39 is 0 Å². The van der Waals surface area contributed by atoms with Crippen LogP contribution in [0.4, 0.5) is 5.69 Å². The molecule has 100 valence electrons. The molecule has 3 nitrogen and oxygen atoms in total. The van der Waals surface area contributed by atoms with Crippen molar-refractivity contribution in [3.63, 3.8) is 0 Å². The first kappa shape index (κ1) is 15.1. The SMILES string of the molecule is CSC(C)CCNCc1ccc(NC(C)=O)cc1. The predicted octanol–water partition coefficient (Wildman–Crippen LogP) is 2.88. The van der Waals surface area contributed by atoms with Gasteiger partial charge in [-0.15, -0.1) is 0 Å². The van der Waals surface area contributed by atoms with Crippen LogP contribution in [-0.2, 0) is 11.3 Å². The zero-order valence-corrected chi connectivity index (χ0v) is 12.1. The van der Waals surface area contributed by atoms with Crippen molar-refractivity contribution in [2.24, 2.45) is 0 Å². The Kier molecular flexibility index (Phi) is 6.83. The maximum atomic E-state index is 10.9. The van der Waals surface area contributed by atoms with Gasteiger partial charge in [0.25, 0.3) is 0 Å². The average molecular weight is 266 g/mol. The molecule has 0 fully saturated rings. The fourth-order valence-corrected chi connectivity index (χ4v) is 1.92. The van der Waals surface area contributed by atoms with E-state index in [1.165, 1.54) is 18.9 Å². The maximum Gasteiger partial charge on any atom is 0.221 e. The number of hydrogen-bond acceptors (Lipinski definition) is 3. The van der Waals surface area contributed by atoms with Crippen LogP contribution < -0.4 is 10.6 Å². The van der Waals surface area contributed by atoms with E-state index in [0.717, 1.165) is 18.8 Å². The van der Waals surface area contributed by atoms with E-state index in [0.29, 0.717) is 5.25 Å². The molecule has 1 aromatic rings. The predicted molar refractivity (Wildman–Crippen MR) is 80.0 cm³/mol. The van der Waals surface area contributed by atoms with Crippen molar-refractivity contribution < 1.29 is 4.79 Å². The number of amides is 1. The van der Waals surface area contributed by atoms with Gasteiger partial charge in [0.05, 0.1) is 0 Å². The third-order valence-corrected chi connectivity index (χ3v) is 3.77. The summed E-state index contributed by atoms with van der Waals surface area (Å²) in [6.07, 6.45) is 3.33. The van der Waals surface area contributed by atoms with Gasteiger partial charge in [-0.05, 0) is 36.9 Å². The molecule has 18 heavy (non-hydrogen) atoms. The van der Waals surface area contributed by atoms with E-state index in [1.807, 2.05) is 36.0 Å². The van der Waals surface area contributed by atoms with Gasteiger partial charge in [0.1, 0.15) is 0 Å². The van der Waals surface area contributed by atoms with Crippen LogP contribution in [0.3, 0.4) is 0 Å². The van der Waals surface area contributed by atoms with Crippen molar-refractivity contribution in [2.45, 2.75) is 32.1 Å². The van der Waals surface area contributed by atoms with Gasteiger partial charge in [0, 0.05) is 24.4 Å². The van der Waals surface area contributed by atoms with E-state index in [2.05, 4.69) is 23.8 Å². The van der Waals surface area contributed by atoms with Gasteiger partial charge in [-0.1, -0.05) is 19.1 Å². The van der Waals surface area contributed by atoms with Gasteiger partial charge >= 0.3 is 0 Å². The zero-order valence-electron chi connectivity index (χ0n) is 11.3. The second kappa shape index (κ2) is 8.16. The summed E-state index contributed by atoms with van der Waals surface area (Å²) in [6, 6.07) is 7.94. The highest BCUT2D eigenvalue weighted by molar-refractivity contribution is 7.99. The minimum Gasteiger partial charge on any atom is -0.326 e. The second-order valence-electron chi connectivity index (χ2n) is 4.39. The van der Waals surface area contributed by atoms with Crippen LogP contribution in [0.25, 0.3) is 0 Å². The van der Waals surface area contributed by atoms with Gasteiger partial charge in [-0.2, -0.15) is 11.8 Å². The molecule has 1 unspecified atom stereocenters.